The van der Waals surface area contributed by atoms with Crippen LogP contribution in [0.2, 0.25) is 0 Å². The maximum absolute atomic E-state index is 5.21. The summed E-state index contributed by atoms with van der Waals surface area (Å²) in [6, 6.07) is 1.88. The third-order valence-corrected chi connectivity index (χ3v) is 3.78. The highest BCUT2D eigenvalue weighted by atomic mass is 32.2. The maximum atomic E-state index is 5.21. The van der Waals surface area contributed by atoms with Crippen LogP contribution in [0.15, 0.2) is 18.5 Å². The molecule has 0 radical (unpaired) electrons. The van der Waals surface area contributed by atoms with E-state index in [1.807, 2.05) is 37.3 Å². The van der Waals surface area contributed by atoms with Gasteiger partial charge < -0.3 is 4.98 Å². The molecule has 0 bridgehead atoms. The number of rotatable bonds is 5. The second-order valence-electron chi connectivity index (χ2n) is 4.04. The minimum Gasteiger partial charge on any atom is -0.342 e. The number of nitrogens with one attached hydrogen (secondary N) is 1. The highest BCUT2D eigenvalue weighted by Gasteiger charge is 2.04. The fraction of sp³-hybridized carbons (Fsp3) is 0.417. The lowest BCUT2D eigenvalue weighted by molar-refractivity contribution is 0.768. The molecule has 2 heterocycles. The minimum atomic E-state index is 0.625. The second-order valence-corrected chi connectivity index (χ2v) is 5.56. The van der Waals surface area contributed by atoms with Gasteiger partial charge in [0.05, 0.1) is 17.6 Å². The summed E-state index contributed by atoms with van der Waals surface area (Å²) in [6.07, 6.45) is 4.96. The maximum Gasteiger partial charge on any atom is 0.130 e. The summed E-state index contributed by atoms with van der Waals surface area (Å²) in [5.41, 5.74) is 2.02. The van der Waals surface area contributed by atoms with Gasteiger partial charge in [0.15, 0.2) is 0 Å². The number of nitrogens with zero attached hydrogens (tertiary/aromatic N) is 3. The first-order valence-electron chi connectivity index (χ1n) is 5.86. The normalized spacial score (nSPS) is 10.8. The van der Waals surface area contributed by atoms with Gasteiger partial charge in [-0.15, -0.1) is 0 Å². The molecule has 1 N–H and O–H groups in total. The SMILES string of the molecule is CCCSCc1nc(=S)cc(-c2cnn(C)c2)[nH]1. The summed E-state index contributed by atoms with van der Waals surface area (Å²) in [7, 11) is 1.90. The first-order valence-corrected chi connectivity index (χ1v) is 7.42. The summed E-state index contributed by atoms with van der Waals surface area (Å²) in [5.74, 6) is 2.94. The average Bonchev–Trinajstić information content (AvgIpc) is 2.76. The van der Waals surface area contributed by atoms with Gasteiger partial charge in [-0.05, 0) is 18.2 Å². The smallest absolute Gasteiger partial charge is 0.130 e. The van der Waals surface area contributed by atoms with Gasteiger partial charge in [-0.25, -0.2) is 4.98 Å². The van der Waals surface area contributed by atoms with Crippen LogP contribution in [0.4, 0.5) is 0 Å². The predicted molar refractivity (Wildman–Crippen MR) is 78.1 cm³/mol. The summed E-state index contributed by atoms with van der Waals surface area (Å²) in [6.45, 7) is 2.18. The van der Waals surface area contributed by atoms with Gasteiger partial charge in [-0.2, -0.15) is 16.9 Å². The zero-order valence-corrected chi connectivity index (χ0v) is 12.1. The number of aromatic amines is 1. The molecular formula is C12H16N4S2. The summed E-state index contributed by atoms with van der Waals surface area (Å²) in [5, 5.41) is 4.16. The fourth-order valence-electron chi connectivity index (χ4n) is 1.61. The molecule has 96 valence electrons. The molecule has 0 spiro atoms. The van der Waals surface area contributed by atoms with Crippen molar-refractivity contribution < 1.29 is 0 Å². The van der Waals surface area contributed by atoms with Crippen molar-refractivity contribution in [2.24, 2.45) is 7.05 Å². The summed E-state index contributed by atoms with van der Waals surface area (Å²) in [4.78, 5) is 7.67. The monoisotopic (exact) mass is 280 g/mol. The Hall–Kier alpha value is -1.14. The van der Waals surface area contributed by atoms with E-state index in [0.29, 0.717) is 4.64 Å². The summed E-state index contributed by atoms with van der Waals surface area (Å²) < 4.78 is 2.40. The molecule has 0 unspecified atom stereocenters. The van der Waals surface area contributed by atoms with Crippen LogP contribution in [0.3, 0.4) is 0 Å². The predicted octanol–water partition coefficient (Wildman–Crippen LogP) is 3.18. The Morgan fingerprint density at radius 3 is 3.00 bits per heavy atom. The quantitative estimate of drug-likeness (QED) is 0.675. The highest BCUT2D eigenvalue weighted by molar-refractivity contribution is 7.98. The Morgan fingerprint density at radius 1 is 1.50 bits per heavy atom. The Balaban J connectivity index is 2.24. The number of hydrogen-bond donors (Lipinski definition) is 1. The van der Waals surface area contributed by atoms with Crippen LogP contribution in [0, 0.1) is 4.64 Å². The van der Waals surface area contributed by atoms with Gasteiger partial charge in [0, 0.05) is 18.8 Å². The average molecular weight is 280 g/mol. The van der Waals surface area contributed by atoms with Gasteiger partial charge in [-0.1, -0.05) is 19.1 Å². The van der Waals surface area contributed by atoms with Crippen LogP contribution < -0.4 is 0 Å². The molecule has 2 aromatic heterocycles. The Morgan fingerprint density at radius 2 is 2.33 bits per heavy atom. The Labute approximate surface area is 116 Å². The molecule has 0 amide bonds. The van der Waals surface area contributed by atoms with Crippen molar-refractivity contribution in [3.8, 4) is 11.3 Å². The molecule has 4 nitrogen and oxygen atoms in total. The molecule has 18 heavy (non-hydrogen) atoms. The Bertz CT molecular complexity index is 573. The number of H-pyrrole nitrogens is 1. The van der Waals surface area contributed by atoms with E-state index in [9.17, 15) is 0 Å². The van der Waals surface area contributed by atoms with E-state index < -0.39 is 0 Å². The molecule has 0 aliphatic heterocycles. The summed E-state index contributed by atoms with van der Waals surface area (Å²) >= 11 is 7.07. The molecule has 0 aromatic carbocycles. The van der Waals surface area contributed by atoms with E-state index in [4.69, 9.17) is 12.2 Å². The second kappa shape index (κ2) is 6.15. The van der Waals surface area contributed by atoms with E-state index in [-0.39, 0.29) is 0 Å². The van der Waals surface area contributed by atoms with E-state index in [2.05, 4.69) is 22.0 Å². The molecular weight excluding hydrogens is 264 g/mol. The molecule has 2 aromatic rings. The molecule has 6 heteroatoms. The van der Waals surface area contributed by atoms with Crippen LogP contribution in [0.5, 0.6) is 0 Å². The van der Waals surface area contributed by atoms with Crippen molar-refractivity contribution in [1.82, 2.24) is 19.7 Å². The van der Waals surface area contributed by atoms with E-state index in [1.165, 1.54) is 6.42 Å². The number of aromatic nitrogens is 4. The molecule has 0 saturated heterocycles. The lowest BCUT2D eigenvalue weighted by Crippen LogP contribution is -1.96. The number of hydrogen-bond acceptors (Lipinski definition) is 4. The largest absolute Gasteiger partial charge is 0.342 e. The first-order chi connectivity index (χ1) is 8.69. The standard InChI is InChI=1S/C12H16N4S2/c1-3-4-18-8-11-14-10(5-12(17)15-11)9-6-13-16(2)7-9/h5-7H,3-4,8H2,1-2H3,(H,14,15,17). The van der Waals surface area contributed by atoms with Gasteiger partial charge in [0.1, 0.15) is 10.5 Å². The van der Waals surface area contributed by atoms with Gasteiger partial charge in [0.2, 0.25) is 0 Å². The van der Waals surface area contributed by atoms with E-state index in [1.54, 1.807) is 4.68 Å². The molecule has 2 rings (SSSR count). The van der Waals surface area contributed by atoms with Crippen LogP contribution in [-0.4, -0.2) is 25.5 Å². The molecule has 0 aliphatic carbocycles. The topological polar surface area (TPSA) is 46.5 Å². The highest BCUT2D eigenvalue weighted by Crippen LogP contribution is 2.17. The van der Waals surface area contributed by atoms with Crippen molar-refractivity contribution in [2.75, 3.05) is 5.75 Å². The van der Waals surface area contributed by atoms with Crippen molar-refractivity contribution in [3.05, 3.63) is 28.9 Å². The number of aryl methyl sites for hydroxylation is 1. The molecule has 0 fully saturated rings. The van der Waals surface area contributed by atoms with Gasteiger partial charge >= 0.3 is 0 Å². The zero-order valence-electron chi connectivity index (χ0n) is 10.5. The lowest BCUT2D eigenvalue weighted by Gasteiger charge is -2.04. The van der Waals surface area contributed by atoms with E-state index >= 15 is 0 Å². The van der Waals surface area contributed by atoms with Crippen LogP contribution >= 0.6 is 24.0 Å². The van der Waals surface area contributed by atoms with Crippen molar-refractivity contribution >= 4 is 24.0 Å². The van der Waals surface area contributed by atoms with Crippen molar-refractivity contribution in [2.45, 2.75) is 19.1 Å². The van der Waals surface area contributed by atoms with Gasteiger partial charge in [-0.3, -0.25) is 4.68 Å². The third kappa shape index (κ3) is 3.43. The molecule has 0 saturated carbocycles. The Kier molecular flexibility index (Phi) is 4.54. The van der Waals surface area contributed by atoms with Crippen molar-refractivity contribution in [1.29, 1.82) is 0 Å². The van der Waals surface area contributed by atoms with Crippen LogP contribution in [0.25, 0.3) is 11.3 Å². The zero-order chi connectivity index (χ0) is 13.0. The first kappa shape index (κ1) is 13.3. The number of thioether (sulfide) groups is 1. The molecule has 0 aliphatic rings. The lowest BCUT2D eigenvalue weighted by atomic mass is 10.2. The fourth-order valence-corrected chi connectivity index (χ4v) is 2.60. The minimum absolute atomic E-state index is 0.625. The molecule has 0 atom stereocenters. The van der Waals surface area contributed by atoms with Crippen LogP contribution in [-0.2, 0) is 12.8 Å². The van der Waals surface area contributed by atoms with Crippen molar-refractivity contribution in [3.63, 3.8) is 0 Å². The van der Waals surface area contributed by atoms with E-state index in [0.717, 1.165) is 28.6 Å². The third-order valence-electron chi connectivity index (χ3n) is 2.40. The van der Waals surface area contributed by atoms with Crippen LogP contribution in [0.1, 0.15) is 19.2 Å². The van der Waals surface area contributed by atoms with Gasteiger partial charge in [0.25, 0.3) is 0 Å².